The quantitative estimate of drug-likeness (QED) is 0.577. The van der Waals surface area contributed by atoms with Gasteiger partial charge in [-0.15, -0.1) is 0 Å². The smallest absolute Gasteiger partial charge is 0.302 e. The third-order valence-corrected chi connectivity index (χ3v) is 6.71. The average molecular weight is 320 g/mol. The first kappa shape index (κ1) is 16.5. The van der Waals surface area contributed by atoms with Crippen LogP contribution in [0.25, 0.3) is 0 Å². The van der Waals surface area contributed by atoms with E-state index in [0.717, 1.165) is 12.8 Å². The van der Waals surface area contributed by atoms with Crippen LogP contribution in [0, 0.1) is 28.6 Å². The summed E-state index contributed by atoms with van der Waals surface area (Å²) in [6.07, 6.45) is 2.24. The largest absolute Gasteiger partial charge is 0.462 e. The van der Waals surface area contributed by atoms with Crippen molar-refractivity contribution in [2.24, 2.45) is 28.6 Å². The number of ether oxygens (including phenoxy) is 2. The number of carbonyl (C=O) groups excluding carboxylic acids is 2. The van der Waals surface area contributed by atoms with E-state index in [0.29, 0.717) is 24.2 Å². The number of hydrogen-bond donors (Lipinski definition) is 0. The summed E-state index contributed by atoms with van der Waals surface area (Å²) in [6.45, 7) is 13.9. The van der Waals surface area contributed by atoms with Crippen molar-refractivity contribution in [1.29, 1.82) is 0 Å². The summed E-state index contributed by atoms with van der Waals surface area (Å²) >= 11 is 0. The molecule has 4 heteroatoms. The Hall–Kier alpha value is -1.32. The Morgan fingerprint density at radius 3 is 2.22 bits per heavy atom. The lowest BCUT2D eigenvalue weighted by molar-refractivity contribution is -0.165. The molecule has 3 fully saturated rings. The molecule has 3 rings (SSSR count). The van der Waals surface area contributed by atoms with Gasteiger partial charge in [-0.2, -0.15) is 0 Å². The predicted octanol–water partition coefficient (Wildman–Crippen LogP) is 3.50. The highest BCUT2D eigenvalue weighted by Crippen LogP contribution is 2.70. The number of allylic oxidation sites excluding steroid dienone is 1. The van der Waals surface area contributed by atoms with Gasteiger partial charge in [0.2, 0.25) is 0 Å². The Morgan fingerprint density at radius 2 is 1.65 bits per heavy atom. The molecule has 0 radical (unpaired) electrons. The number of esters is 2. The van der Waals surface area contributed by atoms with Crippen molar-refractivity contribution in [2.75, 3.05) is 0 Å². The summed E-state index contributed by atoms with van der Waals surface area (Å²) in [5.74, 6) is 0.794. The Bertz CT molecular complexity index is 564. The van der Waals surface area contributed by atoms with Crippen LogP contribution in [-0.2, 0) is 19.1 Å². The van der Waals surface area contributed by atoms with Gasteiger partial charge in [0.05, 0.1) is 0 Å². The summed E-state index contributed by atoms with van der Waals surface area (Å²) in [6, 6.07) is 0. The van der Waals surface area contributed by atoms with Gasteiger partial charge in [-0.1, -0.05) is 32.9 Å². The minimum absolute atomic E-state index is 0.0947. The Labute approximate surface area is 138 Å². The summed E-state index contributed by atoms with van der Waals surface area (Å²) in [7, 11) is 0. The van der Waals surface area contributed by atoms with Crippen LogP contribution in [0.5, 0.6) is 0 Å². The fourth-order valence-corrected chi connectivity index (χ4v) is 6.02. The van der Waals surface area contributed by atoms with E-state index < -0.39 is 0 Å². The molecule has 23 heavy (non-hydrogen) atoms. The van der Waals surface area contributed by atoms with Gasteiger partial charge in [-0.25, -0.2) is 0 Å². The lowest BCUT2D eigenvalue weighted by atomic mass is 9.68. The molecule has 3 saturated carbocycles. The minimum Gasteiger partial charge on any atom is -0.462 e. The van der Waals surface area contributed by atoms with E-state index >= 15 is 0 Å². The van der Waals surface area contributed by atoms with Crippen molar-refractivity contribution in [2.45, 2.75) is 66.1 Å². The SMILES string of the molecule is C=C1CC2CC3(C)C1C2C(C)(C)[C@H](OC(C)=O)C[C@H]3OC(C)=O. The molecule has 4 bridgehead atoms. The second kappa shape index (κ2) is 5.09. The maximum Gasteiger partial charge on any atom is 0.302 e. The average Bonchev–Trinajstić information content (AvgIpc) is 2.85. The van der Waals surface area contributed by atoms with Crippen LogP contribution in [0.2, 0.25) is 0 Å². The molecular weight excluding hydrogens is 292 g/mol. The van der Waals surface area contributed by atoms with Gasteiger partial charge in [0.25, 0.3) is 0 Å². The lowest BCUT2D eigenvalue weighted by Crippen LogP contribution is -2.44. The molecule has 0 spiro atoms. The summed E-state index contributed by atoms with van der Waals surface area (Å²) in [5, 5.41) is 0. The number of hydrogen-bond acceptors (Lipinski definition) is 4. The zero-order valence-corrected chi connectivity index (χ0v) is 14.8. The molecule has 3 aliphatic rings. The number of rotatable bonds is 2. The standard InChI is InChI=1S/C19H28O4/c1-10-7-13-9-19(6)15(23-12(3)21)8-14(22-11(2)20)18(4,5)17(13)16(10)19/h13-17H,1,7-9H2,2-6H3/t13?,14-,15-,16?,17?,19?/m1/s1. The van der Waals surface area contributed by atoms with Crippen LogP contribution in [0.15, 0.2) is 12.2 Å². The van der Waals surface area contributed by atoms with Crippen LogP contribution < -0.4 is 0 Å². The van der Waals surface area contributed by atoms with Gasteiger partial charge in [-0.05, 0) is 30.6 Å². The molecule has 0 heterocycles. The highest BCUT2D eigenvalue weighted by molar-refractivity contribution is 5.67. The molecule has 6 atom stereocenters. The Balaban J connectivity index is 2.06. The van der Waals surface area contributed by atoms with E-state index in [1.54, 1.807) is 0 Å². The van der Waals surface area contributed by atoms with Crippen molar-refractivity contribution in [1.82, 2.24) is 0 Å². The molecule has 128 valence electrons. The molecule has 0 N–H and O–H groups in total. The maximum atomic E-state index is 11.7. The molecule has 0 aliphatic heterocycles. The molecule has 3 aliphatic carbocycles. The first-order valence-electron chi connectivity index (χ1n) is 8.59. The minimum atomic E-state index is -0.265. The molecule has 4 unspecified atom stereocenters. The van der Waals surface area contributed by atoms with Gasteiger partial charge >= 0.3 is 11.9 Å². The summed E-state index contributed by atoms with van der Waals surface area (Å²) < 4.78 is 11.4. The van der Waals surface area contributed by atoms with E-state index in [9.17, 15) is 9.59 Å². The Morgan fingerprint density at radius 1 is 1.09 bits per heavy atom. The van der Waals surface area contributed by atoms with Crippen LogP contribution in [0.4, 0.5) is 0 Å². The second-order valence-electron chi connectivity index (χ2n) is 8.59. The van der Waals surface area contributed by atoms with Crippen LogP contribution in [-0.4, -0.2) is 24.1 Å². The van der Waals surface area contributed by atoms with Gasteiger partial charge in [0, 0.05) is 31.1 Å². The van der Waals surface area contributed by atoms with Crippen LogP contribution in [0.1, 0.15) is 53.9 Å². The van der Waals surface area contributed by atoms with E-state index in [4.69, 9.17) is 9.47 Å². The highest BCUT2D eigenvalue weighted by atomic mass is 16.6. The lowest BCUT2D eigenvalue weighted by Gasteiger charge is -2.42. The third-order valence-electron chi connectivity index (χ3n) is 6.71. The first-order valence-corrected chi connectivity index (χ1v) is 8.59. The van der Waals surface area contributed by atoms with Crippen LogP contribution >= 0.6 is 0 Å². The van der Waals surface area contributed by atoms with Gasteiger partial charge in [-0.3, -0.25) is 9.59 Å². The molecule has 0 aromatic carbocycles. The van der Waals surface area contributed by atoms with Gasteiger partial charge in [0.1, 0.15) is 12.2 Å². The fourth-order valence-electron chi connectivity index (χ4n) is 6.02. The topological polar surface area (TPSA) is 52.6 Å². The summed E-state index contributed by atoms with van der Waals surface area (Å²) in [5.41, 5.74) is 1.04. The molecular formula is C19H28O4. The van der Waals surface area contributed by atoms with E-state index in [-0.39, 0.29) is 35.0 Å². The highest BCUT2D eigenvalue weighted by Gasteiger charge is 2.67. The van der Waals surface area contributed by atoms with Crippen LogP contribution in [0.3, 0.4) is 0 Å². The van der Waals surface area contributed by atoms with Gasteiger partial charge < -0.3 is 9.47 Å². The maximum absolute atomic E-state index is 11.7. The van der Waals surface area contributed by atoms with Crippen molar-refractivity contribution in [3.63, 3.8) is 0 Å². The van der Waals surface area contributed by atoms with Crippen molar-refractivity contribution in [3.05, 3.63) is 12.2 Å². The molecule has 0 aromatic heterocycles. The van der Waals surface area contributed by atoms with E-state index in [1.807, 2.05) is 0 Å². The van der Waals surface area contributed by atoms with Gasteiger partial charge in [0.15, 0.2) is 0 Å². The predicted molar refractivity (Wildman–Crippen MR) is 86.5 cm³/mol. The van der Waals surface area contributed by atoms with E-state index in [1.165, 1.54) is 19.4 Å². The third kappa shape index (κ3) is 2.33. The zero-order chi connectivity index (χ0) is 17.2. The van der Waals surface area contributed by atoms with Crippen molar-refractivity contribution < 1.29 is 19.1 Å². The van der Waals surface area contributed by atoms with Crippen molar-refractivity contribution >= 4 is 11.9 Å². The monoisotopic (exact) mass is 320 g/mol. The summed E-state index contributed by atoms with van der Waals surface area (Å²) in [4.78, 5) is 23.3. The molecule has 0 amide bonds. The molecule has 4 nitrogen and oxygen atoms in total. The second-order valence-corrected chi connectivity index (χ2v) is 8.59. The fraction of sp³-hybridized carbons (Fsp3) is 0.789. The van der Waals surface area contributed by atoms with E-state index in [2.05, 4.69) is 27.4 Å². The Kier molecular flexibility index (Phi) is 3.66. The zero-order valence-electron chi connectivity index (χ0n) is 14.8. The van der Waals surface area contributed by atoms with Crippen molar-refractivity contribution in [3.8, 4) is 0 Å². The normalized spacial score (nSPS) is 43.9. The molecule has 0 aromatic rings. The number of carbonyl (C=O) groups is 2. The first-order chi connectivity index (χ1) is 10.6. The molecule has 0 saturated heterocycles.